The van der Waals surface area contributed by atoms with Crippen LogP contribution in [0.5, 0.6) is 0 Å². The lowest BCUT2D eigenvalue weighted by Crippen LogP contribution is -2.58. The molecule has 0 aromatic carbocycles. The number of likely N-dealkylation sites (tertiary alicyclic amines) is 1. The van der Waals surface area contributed by atoms with Crippen molar-refractivity contribution in [3.05, 3.63) is 0 Å². The average molecular weight is 276 g/mol. The number of rotatable bonds is 3. The molecule has 114 valence electrons. The van der Waals surface area contributed by atoms with Gasteiger partial charge in [-0.1, -0.05) is 6.92 Å². The third-order valence-corrected chi connectivity index (χ3v) is 7.22. The van der Waals surface area contributed by atoms with E-state index in [4.69, 9.17) is 5.73 Å². The van der Waals surface area contributed by atoms with Crippen molar-refractivity contribution >= 4 is 0 Å². The minimum absolute atomic E-state index is 0.434. The fourth-order valence-electron chi connectivity index (χ4n) is 6.72. The van der Waals surface area contributed by atoms with Gasteiger partial charge in [0.1, 0.15) is 0 Å². The zero-order valence-corrected chi connectivity index (χ0v) is 13.4. The van der Waals surface area contributed by atoms with Gasteiger partial charge in [0.15, 0.2) is 0 Å². The van der Waals surface area contributed by atoms with Gasteiger partial charge in [0, 0.05) is 25.2 Å². The molecule has 5 fully saturated rings. The highest BCUT2D eigenvalue weighted by molar-refractivity contribution is 5.06. The lowest BCUT2D eigenvalue weighted by Gasteiger charge is -2.59. The highest BCUT2D eigenvalue weighted by atomic mass is 15.2. The molecular weight excluding hydrogens is 244 g/mol. The van der Waals surface area contributed by atoms with Crippen LogP contribution in [-0.4, -0.2) is 30.1 Å². The van der Waals surface area contributed by atoms with E-state index >= 15 is 0 Å². The van der Waals surface area contributed by atoms with E-state index in [0.29, 0.717) is 11.5 Å². The molecule has 20 heavy (non-hydrogen) atoms. The van der Waals surface area contributed by atoms with Gasteiger partial charge in [0.25, 0.3) is 0 Å². The van der Waals surface area contributed by atoms with Crippen LogP contribution in [0.1, 0.15) is 58.8 Å². The largest absolute Gasteiger partial charge is 0.326 e. The van der Waals surface area contributed by atoms with Crippen molar-refractivity contribution in [2.75, 3.05) is 13.1 Å². The van der Waals surface area contributed by atoms with Gasteiger partial charge < -0.3 is 5.73 Å². The summed E-state index contributed by atoms with van der Waals surface area (Å²) in [4.78, 5) is 2.69. The minimum atomic E-state index is 0.434. The number of nitrogens with zero attached hydrogens (tertiary/aromatic N) is 1. The molecule has 4 bridgehead atoms. The van der Waals surface area contributed by atoms with Crippen molar-refractivity contribution in [3.63, 3.8) is 0 Å². The van der Waals surface area contributed by atoms with Gasteiger partial charge in [-0.05, 0) is 81.0 Å². The summed E-state index contributed by atoms with van der Waals surface area (Å²) in [6.45, 7) is 7.24. The third-order valence-electron chi connectivity index (χ3n) is 7.22. The van der Waals surface area contributed by atoms with Gasteiger partial charge in [-0.3, -0.25) is 4.90 Å². The fourth-order valence-corrected chi connectivity index (χ4v) is 6.72. The Balaban J connectivity index is 1.47. The summed E-state index contributed by atoms with van der Waals surface area (Å²) >= 11 is 0. The Bertz CT molecular complexity index is 342. The second-order valence-electron chi connectivity index (χ2n) is 9.03. The van der Waals surface area contributed by atoms with E-state index in [1.807, 2.05) is 0 Å². The predicted molar refractivity (Wildman–Crippen MR) is 83.4 cm³/mol. The van der Waals surface area contributed by atoms with Crippen LogP contribution in [-0.2, 0) is 0 Å². The van der Waals surface area contributed by atoms with Crippen LogP contribution in [0.2, 0.25) is 0 Å². The summed E-state index contributed by atoms with van der Waals surface area (Å²) < 4.78 is 0. The van der Waals surface area contributed by atoms with Crippen molar-refractivity contribution < 1.29 is 0 Å². The number of hydrogen-bond donors (Lipinski definition) is 1. The maximum Gasteiger partial charge on any atom is 0.0225 e. The molecule has 0 aromatic rings. The summed E-state index contributed by atoms with van der Waals surface area (Å²) in [6, 6.07) is 1.19. The van der Waals surface area contributed by atoms with Crippen molar-refractivity contribution in [2.45, 2.75) is 70.9 Å². The van der Waals surface area contributed by atoms with Crippen LogP contribution in [0.25, 0.3) is 0 Å². The van der Waals surface area contributed by atoms with Crippen LogP contribution in [0.3, 0.4) is 0 Å². The standard InChI is InChI=1S/C18H32N2/c1-12-3-13(2)20(10-12)11-17(19)18-7-14-4-15(8-18)6-16(5-14)9-18/h12-17H,3-11,19H2,1-2H3. The van der Waals surface area contributed by atoms with E-state index < -0.39 is 0 Å². The van der Waals surface area contributed by atoms with Crippen molar-refractivity contribution in [2.24, 2.45) is 34.8 Å². The molecule has 3 atom stereocenters. The zero-order valence-electron chi connectivity index (χ0n) is 13.4. The second-order valence-corrected chi connectivity index (χ2v) is 9.03. The van der Waals surface area contributed by atoms with Crippen molar-refractivity contribution in [1.29, 1.82) is 0 Å². The molecule has 0 aromatic heterocycles. The summed E-state index contributed by atoms with van der Waals surface area (Å²) in [5.41, 5.74) is 7.35. The Morgan fingerprint density at radius 3 is 2.00 bits per heavy atom. The smallest absolute Gasteiger partial charge is 0.0225 e. The maximum atomic E-state index is 6.82. The van der Waals surface area contributed by atoms with E-state index in [-0.39, 0.29) is 0 Å². The first kappa shape index (κ1) is 13.6. The van der Waals surface area contributed by atoms with Gasteiger partial charge in [-0.25, -0.2) is 0 Å². The van der Waals surface area contributed by atoms with Crippen LogP contribution < -0.4 is 5.73 Å². The topological polar surface area (TPSA) is 29.3 Å². The van der Waals surface area contributed by atoms with Crippen LogP contribution in [0, 0.1) is 29.1 Å². The molecule has 2 heteroatoms. The minimum Gasteiger partial charge on any atom is -0.326 e. The third kappa shape index (κ3) is 2.14. The molecule has 0 radical (unpaired) electrons. The molecule has 0 amide bonds. The van der Waals surface area contributed by atoms with E-state index in [9.17, 15) is 0 Å². The highest BCUT2D eigenvalue weighted by Gasteiger charge is 2.53. The van der Waals surface area contributed by atoms with Crippen LogP contribution >= 0.6 is 0 Å². The summed E-state index contributed by atoms with van der Waals surface area (Å²) in [5.74, 6) is 3.96. The van der Waals surface area contributed by atoms with Crippen LogP contribution in [0.4, 0.5) is 0 Å². The lowest BCUT2D eigenvalue weighted by molar-refractivity contribution is -0.0718. The van der Waals surface area contributed by atoms with E-state index in [2.05, 4.69) is 18.7 Å². The molecule has 5 rings (SSSR count). The van der Waals surface area contributed by atoms with E-state index in [0.717, 1.165) is 36.3 Å². The molecule has 3 unspecified atom stereocenters. The SMILES string of the molecule is CC1CC(C)N(CC(N)C23CC4CC(CC(C4)C2)C3)C1. The molecule has 1 heterocycles. The van der Waals surface area contributed by atoms with Crippen molar-refractivity contribution in [3.8, 4) is 0 Å². The highest BCUT2D eigenvalue weighted by Crippen LogP contribution is 2.61. The Hall–Kier alpha value is -0.0800. The molecule has 0 spiro atoms. The normalized spacial score (nSPS) is 52.6. The quantitative estimate of drug-likeness (QED) is 0.857. The first-order valence-corrected chi connectivity index (χ1v) is 9.04. The second kappa shape index (κ2) is 4.71. The summed E-state index contributed by atoms with van der Waals surface area (Å²) in [5, 5.41) is 0. The molecule has 1 saturated heterocycles. The lowest BCUT2D eigenvalue weighted by atomic mass is 9.48. The Morgan fingerprint density at radius 1 is 1.00 bits per heavy atom. The number of nitrogens with two attached hydrogens (primary N) is 1. The van der Waals surface area contributed by atoms with Crippen LogP contribution in [0.15, 0.2) is 0 Å². The average Bonchev–Trinajstić information content (AvgIpc) is 2.66. The van der Waals surface area contributed by atoms with E-state index in [1.165, 1.54) is 51.5 Å². The Labute approximate surface area is 124 Å². The monoisotopic (exact) mass is 276 g/mol. The molecule has 4 saturated carbocycles. The molecule has 5 aliphatic rings. The predicted octanol–water partition coefficient (Wildman–Crippen LogP) is 3.26. The Kier molecular flexibility index (Phi) is 3.20. The van der Waals surface area contributed by atoms with Crippen molar-refractivity contribution in [1.82, 2.24) is 4.90 Å². The first-order valence-electron chi connectivity index (χ1n) is 9.04. The van der Waals surface area contributed by atoms with E-state index in [1.54, 1.807) is 0 Å². The molecule has 4 aliphatic carbocycles. The van der Waals surface area contributed by atoms with Gasteiger partial charge >= 0.3 is 0 Å². The fraction of sp³-hybridized carbons (Fsp3) is 1.00. The number of hydrogen-bond acceptors (Lipinski definition) is 2. The van der Waals surface area contributed by atoms with Gasteiger partial charge in [-0.2, -0.15) is 0 Å². The first-order chi connectivity index (χ1) is 9.54. The summed E-state index contributed by atoms with van der Waals surface area (Å²) in [7, 11) is 0. The molecule has 2 nitrogen and oxygen atoms in total. The molecule has 1 aliphatic heterocycles. The Morgan fingerprint density at radius 2 is 1.55 bits per heavy atom. The van der Waals surface area contributed by atoms with Gasteiger partial charge in [-0.15, -0.1) is 0 Å². The molecule has 2 N–H and O–H groups in total. The zero-order chi connectivity index (χ0) is 13.9. The van der Waals surface area contributed by atoms with Gasteiger partial charge in [0.2, 0.25) is 0 Å². The van der Waals surface area contributed by atoms with Gasteiger partial charge in [0.05, 0.1) is 0 Å². The maximum absolute atomic E-state index is 6.82. The molecular formula is C18H32N2. The summed E-state index contributed by atoms with van der Waals surface area (Å²) in [6.07, 6.45) is 10.3.